The van der Waals surface area contributed by atoms with Crippen molar-refractivity contribution in [3.05, 3.63) is 42.1 Å². The fraction of sp³-hybridized carbons (Fsp3) is 0.364. The summed E-state index contributed by atoms with van der Waals surface area (Å²) in [5.41, 5.74) is 2.97. The molecule has 1 aliphatic carbocycles. The molecule has 1 saturated heterocycles. The molecule has 5 rings (SSSR count). The number of ketones is 1. The number of carbonyl (C=O) groups is 3. The van der Waals surface area contributed by atoms with Crippen molar-refractivity contribution in [1.29, 1.82) is 0 Å². The number of hydrogen-bond donors (Lipinski definition) is 1. The summed E-state index contributed by atoms with van der Waals surface area (Å²) in [5, 5.41) is 4.61. The number of rotatable bonds is 2. The zero-order valence-corrected chi connectivity index (χ0v) is 15.5. The fourth-order valence-electron chi connectivity index (χ4n) is 4.78. The molecule has 0 bridgehead atoms. The van der Waals surface area contributed by atoms with Gasteiger partial charge in [-0.2, -0.15) is 0 Å². The smallest absolute Gasteiger partial charge is 0.249 e. The average Bonchev–Trinajstić information content (AvgIpc) is 3.03. The number of carbonyl (C=O) groups excluding carboxylic acids is 3. The Hall–Kier alpha value is -3.02. The fourth-order valence-corrected chi connectivity index (χ4v) is 4.78. The predicted molar refractivity (Wildman–Crippen MR) is 105 cm³/mol. The molecule has 1 saturated carbocycles. The van der Waals surface area contributed by atoms with Gasteiger partial charge in [0.15, 0.2) is 0 Å². The molecular weight excluding hydrogens is 354 g/mol. The van der Waals surface area contributed by atoms with Crippen molar-refractivity contribution in [2.75, 3.05) is 0 Å². The first-order valence-corrected chi connectivity index (χ1v) is 9.86. The van der Waals surface area contributed by atoms with Crippen molar-refractivity contribution >= 4 is 39.5 Å². The lowest BCUT2D eigenvalue weighted by molar-refractivity contribution is -0.135. The minimum absolute atomic E-state index is 0.220. The van der Waals surface area contributed by atoms with Crippen LogP contribution in [0.1, 0.15) is 56.0 Å². The van der Waals surface area contributed by atoms with Crippen molar-refractivity contribution in [3.8, 4) is 0 Å². The van der Waals surface area contributed by atoms with E-state index in [2.05, 4.69) is 16.4 Å². The first kappa shape index (κ1) is 17.1. The van der Waals surface area contributed by atoms with Crippen LogP contribution in [0.2, 0.25) is 0 Å². The van der Waals surface area contributed by atoms with Gasteiger partial charge in [-0.25, -0.2) is 4.98 Å². The summed E-state index contributed by atoms with van der Waals surface area (Å²) < 4.78 is 1.99. The second-order valence-corrected chi connectivity index (χ2v) is 7.77. The number of amides is 2. The lowest BCUT2D eigenvalue weighted by Crippen LogP contribution is -2.41. The lowest BCUT2D eigenvalue weighted by atomic mass is 9.82. The van der Waals surface area contributed by atoms with E-state index in [9.17, 15) is 14.4 Å². The summed E-state index contributed by atoms with van der Waals surface area (Å²) in [5.74, 6) is 0.190. The summed E-state index contributed by atoms with van der Waals surface area (Å²) in [6, 6.07) is 9.70. The van der Waals surface area contributed by atoms with Gasteiger partial charge in [-0.1, -0.05) is 12.1 Å². The Bertz CT molecular complexity index is 1120. The quantitative estimate of drug-likeness (QED) is 0.696. The maximum Gasteiger partial charge on any atom is 0.249 e. The van der Waals surface area contributed by atoms with Crippen molar-refractivity contribution in [1.82, 2.24) is 14.9 Å². The molecule has 3 heterocycles. The van der Waals surface area contributed by atoms with E-state index in [0.717, 1.165) is 34.8 Å². The van der Waals surface area contributed by atoms with E-state index in [1.807, 2.05) is 28.8 Å². The van der Waals surface area contributed by atoms with Gasteiger partial charge in [0.2, 0.25) is 11.8 Å². The predicted octanol–water partition coefficient (Wildman–Crippen LogP) is 3.39. The highest BCUT2D eigenvalue weighted by atomic mass is 16.2. The number of imide groups is 1. The minimum atomic E-state index is -0.448. The number of pyridine rings is 1. The Morgan fingerprint density at radius 3 is 2.57 bits per heavy atom. The Balaban J connectivity index is 1.73. The molecule has 2 aliphatic rings. The molecular formula is C22H21N3O3. The van der Waals surface area contributed by atoms with E-state index in [1.54, 1.807) is 6.20 Å². The van der Waals surface area contributed by atoms with Crippen LogP contribution in [0.4, 0.5) is 0 Å². The number of aromatic nitrogens is 2. The van der Waals surface area contributed by atoms with Gasteiger partial charge in [0.25, 0.3) is 0 Å². The van der Waals surface area contributed by atoms with Gasteiger partial charge >= 0.3 is 0 Å². The highest BCUT2D eigenvalue weighted by Crippen LogP contribution is 2.41. The number of benzene rings is 1. The van der Waals surface area contributed by atoms with Crippen molar-refractivity contribution in [2.24, 2.45) is 0 Å². The van der Waals surface area contributed by atoms with Crippen LogP contribution in [-0.4, -0.2) is 27.1 Å². The van der Waals surface area contributed by atoms with Crippen molar-refractivity contribution in [3.63, 3.8) is 0 Å². The Labute approximate surface area is 161 Å². The van der Waals surface area contributed by atoms with Gasteiger partial charge in [0, 0.05) is 36.2 Å². The summed E-state index contributed by atoms with van der Waals surface area (Å²) in [6.45, 7) is 0. The molecule has 1 aliphatic heterocycles. The monoisotopic (exact) mass is 375 g/mol. The van der Waals surface area contributed by atoms with E-state index in [4.69, 9.17) is 0 Å². The average molecular weight is 375 g/mol. The number of fused-ring (bicyclic) bond motifs is 3. The normalized spacial score (nSPS) is 21.4. The molecule has 1 N–H and O–H groups in total. The molecule has 0 spiro atoms. The molecule has 0 radical (unpaired) electrons. The van der Waals surface area contributed by atoms with Gasteiger partial charge in [-0.15, -0.1) is 0 Å². The van der Waals surface area contributed by atoms with Crippen LogP contribution in [0.3, 0.4) is 0 Å². The maximum absolute atomic E-state index is 12.6. The molecule has 1 aromatic carbocycles. The number of piperidine rings is 1. The Kier molecular flexibility index (Phi) is 4.00. The van der Waals surface area contributed by atoms with Crippen LogP contribution in [-0.2, 0) is 14.4 Å². The van der Waals surface area contributed by atoms with Crippen molar-refractivity contribution in [2.45, 2.75) is 50.5 Å². The molecule has 1 atom stereocenters. The molecule has 142 valence electrons. The molecule has 2 fully saturated rings. The van der Waals surface area contributed by atoms with Crippen LogP contribution < -0.4 is 5.32 Å². The third kappa shape index (κ3) is 2.63. The second kappa shape index (κ2) is 6.55. The highest BCUT2D eigenvalue weighted by molar-refractivity contribution is 6.10. The molecule has 1 unspecified atom stereocenters. The number of nitrogens with one attached hydrogen (secondary N) is 1. The zero-order valence-electron chi connectivity index (χ0n) is 15.5. The van der Waals surface area contributed by atoms with Gasteiger partial charge in [0.1, 0.15) is 17.5 Å². The van der Waals surface area contributed by atoms with E-state index in [0.29, 0.717) is 37.4 Å². The first-order valence-electron chi connectivity index (χ1n) is 9.86. The lowest BCUT2D eigenvalue weighted by Gasteiger charge is -2.24. The molecule has 6 nitrogen and oxygen atoms in total. The molecule has 28 heavy (non-hydrogen) atoms. The summed E-state index contributed by atoms with van der Waals surface area (Å²) in [7, 11) is 0. The zero-order chi connectivity index (χ0) is 19.3. The van der Waals surface area contributed by atoms with Crippen LogP contribution in [0.15, 0.2) is 36.5 Å². The Morgan fingerprint density at radius 1 is 0.964 bits per heavy atom. The summed E-state index contributed by atoms with van der Waals surface area (Å²) in [6.07, 6.45) is 5.53. The van der Waals surface area contributed by atoms with Crippen LogP contribution in [0.5, 0.6) is 0 Å². The summed E-state index contributed by atoms with van der Waals surface area (Å²) >= 11 is 0. The molecule has 6 heteroatoms. The van der Waals surface area contributed by atoms with Gasteiger partial charge in [-0.05, 0) is 48.9 Å². The number of Topliss-reactive ketones (excluding diaryl/α,β-unsaturated/α-hetero) is 1. The maximum atomic E-state index is 12.6. The topological polar surface area (TPSA) is 81.1 Å². The largest absolute Gasteiger partial charge is 0.313 e. The van der Waals surface area contributed by atoms with E-state index in [-0.39, 0.29) is 11.8 Å². The third-order valence-electron chi connectivity index (χ3n) is 6.12. The van der Waals surface area contributed by atoms with Crippen LogP contribution in [0.25, 0.3) is 21.9 Å². The highest BCUT2D eigenvalue weighted by Gasteiger charge is 2.32. The van der Waals surface area contributed by atoms with Crippen LogP contribution >= 0.6 is 0 Å². The SMILES string of the molecule is O=C1CCC(c2cccc3c2c2cccnc2n3C2CCC(=O)NC2=O)CC1. The van der Waals surface area contributed by atoms with Gasteiger partial charge in [0.05, 0.1) is 5.52 Å². The van der Waals surface area contributed by atoms with E-state index in [1.165, 1.54) is 5.56 Å². The molecule has 2 amide bonds. The first-order chi connectivity index (χ1) is 13.6. The van der Waals surface area contributed by atoms with Crippen LogP contribution in [0, 0.1) is 0 Å². The Morgan fingerprint density at radius 2 is 1.79 bits per heavy atom. The molecule has 3 aromatic rings. The van der Waals surface area contributed by atoms with Gasteiger partial charge < -0.3 is 4.57 Å². The van der Waals surface area contributed by atoms with E-state index >= 15 is 0 Å². The number of nitrogens with zero attached hydrogens (tertiary/aromatic N) is 2. The summed E-state index contributed by atoms with van der Waals surface area (Å²) in [4.78, 5) is 40.5. The van der Waals surface area contributed by atoms with E-state index < -0.39 is 6.04 Å². The minimum Gasteiger partial charge on any atom is -0.313 e. The standard InChI is InChI=1S/C22H21N3O3/c26-14-8-6-13(7-9-14)15-3-1-5-17-20(15)16-4-2-12-23-21(16)25(17)18-10-11-19(27)24-22(18)28/h1-5,12-13,18H,6-11H2,(H,24,27,28). The van der Waals surface area contributed by atoms with Gasteiger partial charge in [-0.3, -0.25) is 19.7 Å². The second-order valence-electron chi connectivity index (χ2n) is 7.77. The number of hydrogen-bond acceptors (Lipinski definition) is 4. The molecule has 2 aromatic heterocycles. The van der Waals surface area contributed by atoms with Crippen molar-refractivity contribution < 1.29 is 14.4 Å². The third-order valence-corrected chi connectivity index (χ3v) is 6.12.